The van der Waals surface area contributed by atoms with Crippen LogP contribution in [0.2, 0.25) is 0 Å². The van der Waals surface area contributed by atoms with Crippen LogP contribution in [0.1, 0.15) is 24.2 Å². The van der Waals surface area contributed by atoms with Crippen molar-refractivity contribution in [2.24, 2.45) is 0 Å². The number of halogens is 2. The van der Waals surface area contributed by atoms with Gasteiger partial charge < -0.3 is 14.8 Å². The Labute approximate surface area is 110 Å². The molecule has 6 heteroatoms. The third-order valence-corrected chi connectivity index (χ3v) is 2.74. The Bertz CT molecular complexity index is 475. The molecule has 1 N–H and O–H groups in total. The lowest BCUT2D eigenvalue weighted by Gasteiger charge is -2.24. The minimum absolute atomic E-state index is 0.0321. The Morgan fingerprint density at radius 2 is 1.89 bits per heavy atom. The van der Waals surface area contributed by atoms with Crippen molar-refractivity contribution in [1.82, 2.24) is 0 Å². The van der Waals surface area contributed by atoms with Crippen molar-refractivity contribution >= 4 is 11.7 Å². The van der Waals surface area contributed by atoms with Crippen LogP contribution < -0.4 is 5.32 Å². The Balaban J connectivity index is 2.94. The molecule has 19 heavy (non-hydrogen) atoms. The van der Waals surface area contributed by atoms with E-state index in [0.29, 0.717) is 0 Å². The Kier molecular flexibility index (Phi) is 4.83. The molecule has 0 radical (unpaired) electrons. The summed E-state index contributed by atoms with van der Waals surface area (Å²) in [6, 6.07) is 2.46. The topological polar surface area (TPSA) is 47.6 Å². The first-order chi connectivity index (χ1) is 8.82. The summed E-state index contributed by atoms with van der Waals surface area (Å²) in [7, 11) is 2.63. The van der Waals surface area contributed by atoms with Crippen molar-refractivity contribution in [1.29, 1.82) is 0 Å². The number of carbonyl (C=O) groups excluding carboxylic acids is 1. The molecular weight excluding hydrogens is 256 g/mol. The first-order valence-electron chi connectivity index (χ1n) is 5.67. The fourth-order valence-corrected chi connectivity index (χ4v) is 1.33. The van der Waals surface area contributed by atoms with Gasteiger partial charge in [0.05, 0.1) is 24.0 Å². The zero-order chi connectivity index (χ0) is 14.6. The van der Waals surface area contributed by atoms with E-state index in [0.717, 1.165) is 7.11 Å². The molecule has 0 aromatic heterocycles. The SMILES string of the molecule is COC(=O)c1ccc(NCC(C)(C)OC)c(F)c1F. The zero-order valence-electron chi connectivity index (χ0n) is 11.3. The highest BCUT2D eigenvalue weighted by Crippen LogP contribution is 2.22. The number of nitrogens with one attached hydrogen (secondary N) is 1. The van der Waals surface area contributed by atoms with Crippen LogP contribution in [-0.4, -0.2) is 32.3 Å². The predicted octanol–water partition coefficient (Wildman–Crippen LogP) is 2.59. The van der Waals surface area contributed by atoms with E-state index in [4.69, 9.17) is 4.74 Å². The summed E-state index contributed by atoms with van der Waals surface area (Å²) >= 11 is 0. The van der Waals surface area contributed by atoms with Crippen LogP contribution in [0.3, 0.4) is 0 Å². The van der Waals surface area contributed by atoms with E-state index in [1.54, 1.807) is 13.8 Å². The van der Waals surface area contributed by atoms with E-state index >= 15 is 0 Å². The van der Waals surface area contributed by atoms with Gasteiger partial charge in [-0.15, -0.1) is 0 Å². The van der Waals surface area contributed by atoms with E-state index in [1.807, 2.05) is 0 Å². The number of rotatable bonds is 5. The highest BCUT2D eigenvalue weighted by atomic mass is 19.2. The Morgan fingerprint density at radius 3 is 2.42 bits per heavy atom. The largest absolute Gasteiger partial charge is 0.465 e. The van der Waals surface area contributed by atoms with Crippen LogP contribution in [0.4, 0.5) is 14.5 Å². The average Bonchev–Trinajstić information content (AvgIpc) is 2.39. The van der Waals surface area contributed by atoms with E-state index in [1.165, 1.54) is 19.2 Å². The monoisotopic (exact) mass is 273 g/mol. The molecule has 0 bridgehead atoms. The molecule has 0 aliphatic carbocycles. The van der Waals surface area contributed by atoms with Crippen molar-refractivity contribution in [3.63, 3.8) is 0 Å². The molecule has 106 valence electrons. The summed E-state index contributed by atoms with van der Waals surface area (Å²) in [5, 5.41) is 2.74. The molecule has 1 aromatic carbocycles. The quantitative estimate of drug-likeness (QED) is 0.838. The second kappa shape index (κ2) is 5.97. The Morgan fingerprint density at radius 1 is 1.26 bits per heavy atom. The number of hydrogen-bond donors (Lipinski definition) is 1. The number of methoxy groups -OCH3 is 2. The zero-order valence-corrected chi connectivity index (χ0v) is 11.3. The van der Waals surface area contributed by atoms with Crippen LogP contribution in [0, 0.1) is 11.6 Å². The normalized spacial score (nSPS) is 11.3. The summed E-state index contributed by atoms with van der Waals surface area (Å²) in [6.07, 6.45) is 0. The van der Waals surface area contributed by atoms with Crippen LogP contribution in [0.15, 0.2) is 12.1 Å². The Hall–Kier alpha value is -1.69. The molecule has 1 aromatic rings. The highest BCUT2D eigenvalue weighted by molar-refractivity contribution is 5.90. The molecule has 0 aliphatic rings. The van der Waals surface area contributed by atoms with E-state index in [-0.39, 0.29) is 12.2 Å². The van der Waals surface area contributed by atoms with Crippen LogP contribution >= 0.6 is 0 Å². The van der Waals surface area contributed by atoms with E-state index < -0.39 is 28.8 Å². The molecule has 0 saturated carbocycles. The van der Waals surface area contributed by atoms with Crippen molar-refractivity contribution in [2.45, 2.75) is 19.4 Å². The second-order valence-corrected chi connectivity index (χ2v) is 4.60. The lowest BCUT2D eigenvalue weighted by Crippen LogP contribution is -2.32. The number of benzene rings is 1. The summed E-state index contributed by atoms with van der Waals surface area (Å²) in [4.78, 5) is 11.2. The van der Waals surface area contributed by atoms with Gasteiger partial charge in [-0.3, -0.25) is 0 Å². The molecule has 0 atom stereocenters. The molecule has 0 heterocycles. The van der Waals surface area contributed by atoms with Crippen LogP contribution in [0.25, 0.3) is 0 Å². The first kappa shape index (κ1) is 15.4. The first-order valence-corrected chi connectivity index (χ1v) is 5.67. The molecule has 0 amide bonds. The third-order valence-electron chi connectivity index (χ3n) is 2.74. The second-order valence-electron chi connectivity index (χ2n) is 4.60. The van der Waals surface area contributed by atoms with Gasteiger partial charge in [0.25, 0.3) is 0 Å². The van der Waals surface area contributed by atoms with Gasteiger partial charge in [-0.1, -0.05) is 0 Å². The van der Waals surface area contributed by atoms with Gasteiger partial charge in [-0.2, -0.15) is 0 Å². The maximum Gasteiger partial charge on any atom is 0.340 e. The van der Waals surface area contributed by atoms with Crippen LogP contribution in [-0.2, 0) is 9.47 Å². The molecule has 0 aliphatic heterocycles. The summed E-state index contributed by atoms with van der Waals surface area (Å²) in [5.74, 6) is -3.26. The van der Waals surface area contributed by atoms with Gasteiger partial charge in [0, 0.05) is 13.7 Å². The molecule has 0 spiro atoms. The maximum atomic E-state index is 13.8. The van der Waals surface area contributed by atoms with Gasteiger partial charge in [0.15, 0.2) is 11.6 Å². The van der Waals surface area contributed by atoms with Gasteiger partial charge in [0.1, 0.15) is 0 Å². The molecule has 0 saturated heterocycles. The summed E-state index contributed by atoms with van der Waals surface area (Å²) in [5.41, 5.74) is -0.990. The average molecular weight is 273 g/mol. The fourth-order valence-electron chi connectivity index (χ4n) is 1.33. The summed E-state index contributed by atoms with van der Waals surface area (Å²) < 4.78 is 36.9. The number of anilines is 1. The van der Waals surface area contributed by atoms with Crippen molar-refractivity contribution < 1.29 is 23.0 Å². The minimum Gasteiger partial charge on any atom is -0.465 e. The van der Waals surface area contributed by atoms with Gasteiger partial charge in [0.2, 0.25) is 0 Å². The van der Waals surface area contributed by atoms with Crippen molar-refractivity contribution in [3.05, 3.63) is 29.3 Å². The predicted molar refractivity (Wildman–Crippen MR) is 67.3 cm³/mol. The maximum absolute atomic E-state index is 13.8. The van der Waals surface area contributed by atoms with Gasteiger partial charge in [-0.05, 0) is 26.0 Å². The van der Waals surface area contributed by atoms with Crippen molar-refractivity contribution in [3.8, 4) is 0 Å². The molecule has 1 rings (SSSR count). The number of carbonyl (C=O) groups is 1. The lowest BCUT2D eigenvalue weighted by molar-refractivity contribution is 0.0343. The minimum atomic E-state index is -1.23. The lowest BCUT2D eigenvalue weighted by atomic mass is 10.1. The van der Waals surface area contributed by atoms with Gasteiger partial charge in [-0.25, -0.2) is 13.6 Å². The molecule has 0 fully saturated rings. The number of esters is 1. The smallest absolute Gasteiger partial charge is 0.340 e. The number of ether oxygens (including phenoxy) is 2. The molecule has 4 nitrogen and oxygen atoms in total. The van der Waals surface area contributed by atoms with Gasteiger partial charge >= 0.3 is 5.97 Å². The number of hydrogen-bond acceptors (Lipinski definition) is 4. The third kappa shape index (κ3) is 3.64. The standard InChI is InChI=1S/C13H17F2NO3/c1-13(2,19-4)7-16-9-6-5-8(12(17)18-3)10(14)11(9)15/h5-6,16H,7H2,1-4H3. The summed E-state index contributed by atoms with van der Waals surface area (Å²) in [6.45, 7) is 3.89. The highest BCUT2D eigenvalue weighted by Gasteiger charge is 2.21. The molecular formula is C13H17F2NO3. The van der Waals surface area contributed by atoms with E-state index in [2.05, 4.69) is 10.1 Å². The van der Waals surface area contributed by atoms with Crippen LogP contribution in [0.5, 0.6) is 0 Å². The molecule has 0 unspecified atom stereocenters. The van der Waals surface area contributed by atoms with Crippen molar-refractivity contribution in [2.75, 3.05) is 26.1 Å². The van der Waals surface area contributed by atoms with E-state index in [9.17, 15) is 13.6 Å². The fraction of sp³-hybridized carbons (Fsp3) is 0.462.